The lowest BCUT2D eigenvalue weighted by Crippen LogP contribution is -2.03. The Balaban J connectivity index is 2.08. The molecule has 0 radical (unpaired) electrons. The van der Waals surface area contributed by atoms with E-state index in [0.29, 0.717) is 22.9 Å². The van der Waals surface area contributed by atoms with Gasteiger partial charge in [-0.2, -0.15) is 5.10 Å². The van der Waals surface area contributed by atoms with E-state index in [-0.39, 0.29) is 11.8 Å². The fourth-order valence-electron chi connectivity index (χ4n) is 2.53. The van der Waals surface area contributed by atoms with Crippen molar-refractivity contribution in [1.29, 1.82) is 0 Å². The summed E-state index contributed by atoms with van der Waals surface area (Å²) in [5.41, 5.74) is 1.43. The van der Waals surface area contributed by atoms with Crippen molar-refractivity contribution in [3.63, 3.8) is 0 Å². The van der Waals surface area contributed by atoms with E-state index in [1.165, 1.54) is 6.33 Å². The summed E-state index contributed by atoms with van der Waals surface area (Å²) in [5, 5.41) is 4.08. The number of fused-ring (bicyclic) bond motifs is 1. The molecule has 0 saturated heterocycles. The highest BCUT2D eigenvalue weighted by Crippen LogP contribution is 2.36. The van der Waals surface area contributed by atoms with Crippen LogP contribution >= 0.6 is 0 Å². The lowest BCUT2D eigenvalue weighted by Gasteiger charge is -2.11. The predicted octanol–water partition coefficient (Wildman–Crippen LogP) is 2.14. The Hall–Kier alpha value is -2.63. The molecule has 0 amide bonds. The molecule has 6 heteroatoms. The number of hydrogen-bond donors (Lipinski definition) is 0. The van der Waals surface area contributed by atoms with Crippen molar-refractivity contribution in [3.8, 4) is 11.5 Å². The first-order chi connectivity index (χ1) is 10.2. The zero-order valence-electron chi connectivity index (χ0n) is 12.0. The van der Waals surface area contributed by atoms with Gasteiger partial charge in [0, 0.05) is 11.1 Å². The number of ether oxygens (including phenoxy) is 2. The maximum absolute atomic E-state index is 12.4. The van der Waals surface area contributed by atoms with Gasteiger partial charge in [-0.15, -0.1) is 0 Å². The van der Waals surface area contributed by atoms with Gasteiger partial charge >= 0.3 is 0 Å². The third kappa shape index (κ3) is 1.99. The lowest BCUT2D eigenvalue weighted by molar-refractivity contribution is 0.103. The molecule has 1 unspecified atom stereocenters. The first-order valence-electron chi connectivity index (χ1n) is 6.54. The molecule has 0 fully saturated rings. The summed E-state index contributed by atoms with van der Waals surface area (Å²) in [6.07, 6.45) is 3.21. The Bertz CT molecular complexity index is 734. The van der Waals surface area contributed by atoms with E-state index in [1.54, 1.807) is 18.9 Å². The van der Waals surface area contributed by atoms with Crippen LogP contribution in [-0.2, 0) is 0 Å². The molecule has 0 N–H and O–H groups in total. The van der Waals surface area contributed by atoms with Gasteiger partial charge in [0.1, 0.15) is 6.33 Å². The van der Waals surface area contributed by atoms with Crippen LogP contribution in [0.15, 0.2) is 30.1 Å². The van der Waals surface area contributed by atoms with Crippen molar-refractivity contribution >= 4 is 11.9 Å². The first-order valence-corrected chi connectivity index (χ1v) is 6.54. The van der Waals surface area contributed by atoms with Crippen molar-refractivity contribution in [3.05, 3.63) is 41.5 Å². The number of nitrogens with zero attached hydrogens (tertiary/aromatic N) is 3. The number of carbonyl (C=O) groups is 1. The Morgan fingerprint density at radius 1 is 1.29 bits per heavy atom. The van der Waals surface area contributed by atoms with Crippen molar-refractivity contribution in [2.75, 3.05) is 14.2 Å². The summed E-state index contributed by atoms with van der Waals surface area (Å²) < 4.78 is 12.3. The van der Waals surface area contributed by atoms with E-state index < -0.39 is 0 Å². The summed E-state index contributed by atoms with van der Waals surface area (Å²) in [6, 6.07) is 5.40. The number of ketones is 1. The Kier molecular flexibility index (Phi) is 3.21. The summed E-state index contributed by atoms with van der Waals surface area (Å²) in [4.78, 5) is 16.4. The maximum Gasteiger partial charge on any atom is 0.228 e. The fourth-order valence-corrected chi connectivity index (χ4v) is 2.53. The van der Waals surface area contributed by atoms with E-state index in [1.807, 2.05) is 31.2 Å². The number of para-hydroxylation sites is 1. The molecule has 3 rings (SSSR count). The molecule has 0 aliphatic carbocycles. The second kappa shape index (κ2) is 5.05. The normalized spacial score (nSPS) is 18.9. The Labute approximate surface area is 122 Å². The van der Waals surface area contributed by atoms with Gasteiger partial charge in [-0.3, -0.25) is 4.79 Å². The number of benzene rings is 1. The number of aromatic nitrogens is 3. The molecule has 1 aromatic carbocycles. The van der Waals surface area contributed by atoms with Gasteiger partial charge in [-0.05, 0) is 19.1 Å². The van der Waals surface area contributed by atoms with E-state index in [4.69, 9.17) is 9.47 Å². The topological polar surface area (TPSA) is 66.2 Å². The van der Waals surface area contributed by atoms with Gasteiger partial charge < -0.3 is 9.47 Å². The van der Waals surface area contributed by atoms with Gasteiger partial charge in [-0.25, -0.2) is 9.67 Å². The summed E-state index contributed by atoms with van der Waals surface area (Å²) >= 11 is 0. The molecular formula is C15H15N3O3. The number of rotatable bonds is 3. The average Bonchev–Trinajstić information content (AvgIpc) is 3.07. The highest BCUT2D eigenvalue weighted by atomic mass is 16.5. The molecule has 6 nitrogen and oxygen atoms in total. The molecule has 108 valence electrons. The average molecular weight is 285 g/mol. The lowest BCUT2D eigenvalue weighted by atomic mass is 10.0. The van der Waals surface area contributed by atoms with Gasteiger partial charge in [0.25, 0.3) is 0 Å². The minimum absolute atomic E-state index is 0.107. The van der Waals surface area contributed by atoms with E-state index in [0.717, 1.165) is 5.56 Å². The second-order valence-electron chi connectivity index (χ2n) is 4.72. The second-order valence-corrected chi connectivity index (χ2v) is 4.72. The Morgan fingerprint density at radius 3 is 2.76 bits per heavy atom. The van der Waals surface area contributed by atoms with Crippen LogP contribution in [-0.4, -0.2) is 34.8 Å². The van der Waals surface area contributed by atoms with Crippen LogP contribution in [0.25, 0.3) is 6.08 Å². The molecule has 1 aliphatic heterocycles. The van der Waals surface area contributed by atoms with Gasteiger partial charge in [0.05, 0.1) is 20.3 Å². The maximum atomic E-state index is 12.4. The summed E-state index contributed by atoms with van der Waals surface area (Å²) in [6.45, 7) is 1.92. The summed E-state index contributed by atoms with van der Waals surface area (Å²) in [5.74, 6) is 1.49. The fraction of sp³-hybridized carbons (Fsp3) is 0.267. The molecule has 0 bridgehead atoms. The van der Waals surface area contributed by atoms with Crippen molar-refractivity contribution in [1.82, 2.24) is 14.8 Å². The van der Waals surface area contributed by atoms with E-state index in [2.05, 4.69) is 10.1 Å². The van der Waals surface area contributed by atoms with Gasteiger partial charge in [0.2, 0.25) is 5.78 Å². The summed E-state index contributed by atoms with van der Waals surface area (Å²) in [7, 11) is 3.16. The van der Waals surface area contributed by atoms with E-state index in [9.17, 15) is 4.79 Å². The third-order valence-corrected chi connectivity index (χ3v) is 3.60. The first kappa shape index (κ1) is 13.4. The molecule has 1 aromatic heterocycles. The molecule has 1 atom stereocenters. The quantitative estimate of drug-likeness (QED) is 0.808. The number of Topliss-reactive ketones (excluding diaryl/α,β-unsaturated/α-hetero) is 1. The highest BCUT2D eigenvalue weighted by Gasteiger charge is 2.33. The van der Waals surface area contributed by atoms with Crippen LogP contribution in [0.4, 0.5) is 0 Å². The van der Waals surface area contributed by atoms with E-state index >= 15 is 0 Å². The van der Waals surface area contributed by atoms with Crippen molar-refractivity contribution in [2.45, 2.75) is 13.0 Å². The monoisotopic (exact) mass is 285 g/mol. The van der Waals surface area contributed by atoms with Crippen molar-refractivity contribution < 1.29 is 14.3 Å². The number of carbonyl (C=O) groups excluding carboxylic acids is 1. The van der Waals surface area contributed by atoms with Crippen molar-refractivity contribution in [2.24, 2.45) is 0 Å². The van der Waals surface area contributed by atoms with Gasteiger partial charge in [0.15, 0.2) is 17.3 Å². The molecule has 0 spiro atoms. The van der Waals surface area contributed by atoms with Crippen LogP contribution in [0, 0.1) is 0 Å². The smallest absolute Gasteiger partial charge is 0.228 e. The standard InChI is InChI=1S/C15H15N3O3/c1-9-11(13(19)15-16-8-17-18(9)15)7-10-5-4-6-12(20-2)14(10)21-3/h4-9H,1-3H3/b11-7+. The predicted molar refractivity (Wildman–Crippen MR) is 76.6 cm³/mol. The molecule has 21 heavy (non-hydrogen) atoms. The minimum atomic E-state index is -0.147. The number of hydrogen-bond acceptors (Lipinski definition) is 5. The van der Waals surface area contributed by atoms with Crippen LogP contribution in [0.1, 0.15) is 29.1 Å². The van der Waals surface area contributed by atoms with Crippen LogP contribution < -0.4 is 9.47 Å². The number of allylic oxidation sites excluding steroid dienone is 1. The van der Waals surface area contributed by atoms with Crippen LogP contribution in [0.2, 0.25) is 0 Å². The van der Waals surface area contributed by atoms with Gasteiger partial charge in [-0.1, -0.05) is 12.1 Å². The van der Waals surface area contributed by atoms with Crippen LogP contribution in [0.3, 0.4) is 0 Å². The molecule has 2 heterocycles. The zero-order chi connectivity index (χ0) is 15.0. The largest absolute Gasteiger partial charge is 0.493 e. The minimum Gasteiger partial charge on any atom is -0.493 e. The molecular weight excluding hydrogens is 270 g/mol. The molecule has 0 saturated carbocycles. The Morgan fingerprint density at radius 2 is 2.10 bits per heavy atom. The van der Waals surface area contributed by atoms with Crippen LogP contribution in [0.5, 0.6) is 11.5 Å². The third-order valence-electron chi connectivity index (χ3n) is 3.60. The zero-order valence-corrected chi connectivity index (χ0v) is 12.0. The molecule has 2 aromatic rings. The molecule has 1 aliphatic rings. The SMILES string of the molecule is COc1cccc(/C=C2/C(=O)c3ncnn3C2C)c1OC. The highest BCUT2D eigenvalue weighted by molar-refractivity contribution is 6.12. The number of methoxy groups -OCH3 is 2.